The van der Waals surface area contributed by atoms with E-state index in [2.05, 4.69) is 5.32 Å². The van der Waals surface area contributed by atoms with Gasteiger partial charge in [-0.15, -0.1) is 0 Å². The first-order chi connectivity index (χ1) is 9.17. The lowest BCUT2D eigenvalue weighted by Gasteiger charge is -2.24. The summed E-state index contributed by atoms with van der Waals surface area (Å²) in [7, 11) is -6.38. The SMILES string of the molecule is CS(=O)(=O)c1ccc(F)c(NC2CCS(=O)(=O)CC2)c1. The predicted molar refractivity (Wildman–Crippen MR) is 74.8 cm³/mol. The van der Waals surface area contributed by atoms with Crippen molar-refractivity contribution in [2.75, 3.05) is 23.1 Å². The van der Waals surface area contributed by atoms with E-state index < -0.39 is 25.5 Å². The van der Waals surface area contributed by atoms with Crippen LogP contribution >= 0.6 is 0 Å². The molecule has 1 fully saturated rings. The molecule has 1 aliphatic heterocycles. The Hall–Kier alpha value is -1.15. The highest BCUT2D eigenvalue weighted by molar-refractivity contribution is 7.91. The Kier molecular flexibility index (Phi) is 4.06. The number of hydrogen-bond donors (Lipinski definition) is 1. The standard InChI is InChI=1S/C12H16FNO4S2/c1-19(15,16)10-2-3-11(13)12(8-10)14-9-4-6-20(17,18)7-5-9/h2-3,8-9,14H,4-7H2,1H3. The zero-order valence-electron chi connectivity index (χ0n) is 11.0. The largest absolute Gasteiger partial charge is 0.380 e. The number of anilines is 1. The second-order valence-corrected chi connectivity index (χ2v) is 9.30. The zero-order valence-corrected chi connectivity index (χ0v) is 12.6. The molecule has 1 N–H and O–H groups in total. The minimum absolute atomic E-state index is 0.0323. The van der Waals surface area contributed by atoms with E-state index in [0.29, 0.717) is 12.8 Å². The summed E-state index contributed by atoms with van der Waals surface area (Å²) in [4.78, 5) is 0.0323. The van der Waals surface area contributed by atoms with Crippen LogP contribution in [0.1, 0.15) is 12.8 Å². The highest BCUT2D eigenvalue weighted by Gasteiger charge is 2.24. The van der Waals surface area contributed by atoms with Crippen LogP contribution in [0.3, 0.4) is 0 Å². The lowest BCUT2D eigenvalue weighted by molar-refractivity contribution is 0.557. The molecule has 0 amide bonds. The van der Waals surface area contributed by atoms with E-state index in [9.17, 15) is 21.2 Å². The summed E-state index contributed by atoms with van der Waals surface area (Å²) in [6, 6.07) is 3.38. The molecule has 0 bridgehead atoms. The third-order valence-electron chi connectivity index (χ3n) is 3.28. The van der Waals surface area contributed by atoms with Crippen LogP contribution in [-0.2, 0) is 19.7 Å². The maximum absolute atomic E-state index is 13.7. The molecule has 20 heavy (non-hydrogen) atoms. The van der Waals surface area contributed by atoms with Gasteiger partial charge in [-0.25, -0.2) is 21.2 Å². The Morgan fingerprint density at radius 3 is 2.40 bits per heavy atom. The monoisotopic (exact) mass is 321 g/mol. The van der Waals surface area contributed by atoms with Crippen molar-refractivity contribution in [3.05, 3.63) is 24.0 Å². The molecule has 112 valence electrons. The summed E-state index contributed by atoms with van der Waals surface area (Å²) < 4.78 is 59.2. The molecule has 0 aliphatic carbocycles. The van der Waals surface area contributed by atoms with Crippen molar-refractivity contribution in [3.63, 3.8) is 0 Å². The normalized spacial score (nSPS) is 19.7. The Morgan fingerprint density at radius 1 is 1.25 bits per heavy atom. The third-order valence-corrected chi connectivity index (χ3v) is 6.11. The van der Waals surface area contributed by atoms with Gasteiger partial charge in [0.15, 0.2) is 9.84 Å². The van der Waals surface area contributed by atoms with Gasteiger partial charge < -0.3 is 5.32 Å². The summed E-state index contributed by atoms with van der Waals surface area (Å²) in [6.07, 6.45) is 1.84. The van der Waals surface area contributed by atoms with Gasteiger partial charge in [-0.1, -0.05) is 0 Å². The lowest BCUT2D eigenvalue weighted by Crippen LogP contribution is -2.32. The van der Waals surface area contributed by atoms with E-state index in [4.69, 9.17) is 0 Å². The Bertz CT molecular complexity index is 699. The van der Waals surface area contributed by atoms with Crippen LogP contribution in [0.5, 0.6) is 0 Å². The van der Waals surface area contributed by atoms with Crippen molar-refractivity contribution in [1.82, 2.24) is 0 Å². The van der Waals surface area contributed by atoms with Gasteiger partial charge in [0.2, 0.25) is 0 Å². The van der Waals surface area contributed by atoms with Crippen molar-refractivity contribution in [2.24, 2.45) is 0 Å². The van der Waals surface area contributed by atoms with E-state index in [-0.39, 0.29) is 28.1 Å². The number of benzene rings is 1. The van der Waals surface area contributed by atoms with Crippen molar-refractivity contribution in [3.8, 4) is 0 Å². The molecular formula is C12H16FNO4S2. The van der Waals surface area contributed by atoms with Crippen molar-refractivity contribution in [1.29, 1.82) is 0 Å². The van der Waals surface area contributed by atoms with Crippen LogP contribution < -0.4 is 5.32 Å². The maximum Gasteiger partial charge on any atom is 0.175 e. The average molecular weight is 321 g/mol. The summed E-state index contributed by atoms with van der Waals surface area (Å²) in [5.41, 5.74) is 0.0947. The fraction of sp³-hybridized carbons (Fsp3) is 0.500. The second-order valence-electron chi connectivity index (χ2n) is 4.98. The quantitative estimate of drug-likeness (QED) is 0.847. The minimum Gasteiger partial charge on any atom is -0.380 e. The Morgan fingerprint density at radius 2 is 1.85 bits per heavy atom. The van der Waals surface area contributed by atoms with Gasteiger partial charge in [-0.3, -0.25) is 0 Å². The van der Waals surface area contributed by atoms with Gasteiger partial charge in [-0.05, 0) is 31.0 Å². The lowest BCUT2D eigenvalue weighted by atomic mass is 10.1. The first-order valence-electron chi connectivity index (χ1n) is 6.14. The molecule has 1 aromatic carbocycles. The fourth-order valence-corrected chi connectivity index (χ4v) is 4.24. The minimum atomic E-state index is -3.40. The van der Waals surface area contributed by atoms with Gasteiger partial charge in [0.05, 0.1) is 22.1 Å². The Balaban J connectivity index is 2.18. The van der Waals surface area contributed by atoms with Crippen LogP contribution in [0.25, 0.3) is 0 Å². The molecule has 0 spiro atoms. The van der Waals surface area contributed by atoms with Crippen LogP contribution in [0, 0.1) is 5.82 Å². The van der Waals surface area contributed by atoms with Gasteiger partial charge in [0.1, 0.15) is 15.7 Å². The van der Waals surface area contributed by atoms with Gasteiger partial charge >= 0.3 is 0 Å². The number of nitrogens with one attached hydrogen (secondary N) is 1. The third kappa shape index (κ3) is 3.69. The van der Waals surface area contributed by atoms with Crippen molar-refractivity contribution >= 4 is 25.4 Å². The maximum atomic E-state index is 13.7. The van der Waals surface area contributed by atoms with Gasteiger partial charge in [0.25, 0.3) is 0 Å². The number of sulfone groups is 2. The summed E-state index contributed by atoms with van der Waals surface area (Å²) >= 11 is 0. The molecule has 1 saturated heterocycles. The van der Waals surface area contributed by atoms with Gasteiger partial charge in [-0.2, -0.15) is 0 Å². The molecule has 8 heteroatoms. The molecule has 1 aromatic rings. The fourth-order valence-electron chi connectivity index (χ4n) is 2.10. The summed E-state index contributed by atoms with van der Waals surface area (Å²) in [5.74, 6) is -0.415. The second kappa shape index (κ2) is 5.33. The average Bonchev–Trinajstić information content (AvgIpc) is 2.33. The number of hydrogen-bond acceptors (Lipinski definition) is 5. The van der Waals surface area contributed by atoms with E-state index >= 15 is 0 Å². The van der Waals surface area contributed by atoms with Crippen molar-refractivity contribution < 1.29 is 21.2 Å². The molecule has 0 unspecified atom stereocenters. The molecule has 0 atom stereocenters. The molecule has 1 aliphatic rings. The van der Waals surface area contributed by atoms with Crippen molar-refractivity contribution in [2.45, 2.75) is 23.8 Å². The zero-order chi connectivity index (χ0) is 15.0. The van der Waals surface area contributed by atoms with Crippen LogP contribution in [0.4, 0.5) is 10.1 Å². The smallest absolute Gasteiger partial charge is 0.175 e. The molecule has 2 rings (SSSR count). The molecule has 0 saturated carbocycles. The summed E-state index contributed by atoms with van der Waals surface area (Å²) in [5, 5.41) is 2.90. The molecule has 1 heterocycles. The molecule has 5 nitrogen and oxygen atoms in total. The highest BCUT2D eigenvalue weighted by atomic mass is 32.2. The first-order valence-corrected chi connectivity index (χ1v) is 9.85. The molecule has 0 radical (unpaired) electrons. The van der Waals surface area contributed by atoms with Crippen LogP contribution in [0.15, 0.2) is 23.1 Å². The molecular weight excluding hydrogens is 305 g/mol. The van der Waals surface area contributed by atoms with Gasteiger partial charge in [0, 0.05) is 12.3 Å². The predicted octanol–water partition coefficient (Wildman–Crippen LogP) is 1.22. The van der Waals surface area contributed by atoms with E-state index in [1.54, 1.807) is 0 Å². The van der Waals surface area contributed by atoms with E-state index in [0.717, 1.165) is 12.3 Å². The Labute approximate surface area is 118 Å². The van der Waals surface area contributed by atoms with Crippen LogP contribution in [-0.4, -0.2) is 40.6 Å². The van der Waals surface area contributed by atoms with E-state index in [1.807, 2.05) is 0 Å². The van der Waals surface area contributed by atoms with Crippen LogP contribution in [0.2, 0.25) is 0 Å². The highest BCUT2D eigenvalue weighted by Crippen LogP contribution is 2.23. The first kappa shape index (κ1) is 15.2. The molecule has 0 aromatic heterocycles. The number of halogens is 1. The topological polar surface area (TPSA) is 80.3 Å². The van der Waals surface area contributed by atoms with E-state index in [1.165, 1.54) is 12.1 Å². The number of rotatable bonds is 3. The summed E-state index contributed by atoms with van der Waals surface area (Å²) in [6.45, 7) is 0.